The van der Waals surface area contributed by atoms with Crippen molar-refractivity contribution in [3.63, 3.8) is 0 Å². The monoisotopic (exact) mass is 402 g/mol. The highest BCUT2D eigenvalue weighted by atomic mass is 16.5. The van der Waals surface area contributed by atoms with Crippen molar-refractivity contribution in [2.45, 2.75) is 26.2 Å². The van der Waals surface area contributed by atoms with Crippen LogP contribution in [0.15, 0.2) is 66.9 Å². The van der Waals surface area contributed by atoms with Crippen LogP contribution in [0.25, 0.3) is 0 Å². The molecule has 0 unspecified atom stereocenters. The standard InChI is InChI=1S/C26H30N2O2/c1-19-7-5-6-8-24(19)25(18-26(29)22-13-14-27-20(2)17-22)21-9-11-23(12-10-21)28(3)15-16-30-4/h5-14,17,25H,15-16,18H2,1-4H3/t25-/m1/s1. The number of aryl methyl sites for hydroxylation is 2. The number of rotatable bonds is 9. The highest BCUT2D eigenvalue weighted by Crippen LogP contribution is 2.32. The second kappa shape index (κ2) is 10.2. The van der Waals surface area contributed by atoms with Crippen molar-refractivity contribution in [2.24, 2.45) is 0 Å². The Morgan fingerprint density at radius 2 is 1.80 bits per heavy atom. The van der Waals surface area contributed by atoms with Crippen LogP contribution < -0.4 is 4.90 Å². The first-order chi connectivity index (χ1) is 14.5. The molecule has 0 aliphatic heterocycles. The molecule has 0 saturated carbocycles. The predicted octanol–water partition coefficient (Wildman–Crippen LogP) is 5.19. The van der Waals surface area contributed by atoms with E-state index >= 15 is 0 Å². The molecule has 0 bridgehead atoms. The smallest absolute Gasteiger partial charge is 0.163 e. The van der Waals surface area contributed by atoms with Crippen LogP contribution in [0.4, 0.5) is 5.69 Å². The molecule has 3 aromatic rings. The van der Waals surface area contributed by atoms with E-state index in [1.807, 2.05) is 25.1 Å². The van der Waals surface area contributed by atoms with E-state index in [2.05, 4.69) is 60.3 Å². The molecule has 0 aliphatic rings. The molecule has 1 atom stereocenters. The second-order valence-electron chi connectivity index (χ2n) is 7.73. The first kappa shape index (κ1) is 21.7. The van der Waals surface area contributed by atoms with Gasteiger partial charge in [-0.3, -0.25) is 9.78 Å². The fourth-order valence-electron chi connectivity index (χ4n) is 3.73. The van der Waals surface area contributed by atoms with Crippen LogP contribution in [0.5, 0.6) is 0 Å². The summed E-state index contributed by atoms with van der Waals surface area (Å²) in [5, 5.41) is 0. The molecule has 0 fully saturated rings. The van der Waals surface area contributed by atoms with Gasteiger partial charge in [0, 0.05) is 56.2 Å². The summed E-state index contributed by atoms with van der Waals surface area (Å²) in [4.78, 5) is 19.5. The molecular formula is C26H30N2O2. The quantitative estimate of drug-likeness (QED) is 0.462. The third kappa shape index (κ3) is 5.33. The van der Waals surface area contributed by atoms with Gasteiger partial charge in [0.05, 0.1) is 6.61 Å². The number of likely N-dealkylation sites (N-methyl/N-ethyl adjacent to an activating group) is 1. The van der Waals surface area contributed by atoms with Crippen LogP contribution in [-0.4, -0.2) is 38.1 Å². The lowest BCUT2D eigenvalue weighted by atomic mass is 9.83. The van der Waals surface area contributed by atoms with Crippen molar-refractivity contribution in [3.8, 4) is 0 Å². The molecule has 30 heavy (non-hydrogen) atoms. The molecule has 0 amide bonds. The van der Waals surface area contributed by atoms with Gasteiger partial charge < -0.3 is 9.64 Å². The molecule has 0 radical (unpaired) electrons. The normalized spacial score (nSPS) is 11.9. The van der Waals surface area contributed by atoms with Crippen molar-refractivity contribution in [3.05, 3.63) is 94.8 Å². The molecule has 4 heteroatoms. The number of anilines is 1. The first-order valence-corrected chi connectivity index (χ1v) is 10.3. The highest BCUT2D eigenvalue weighted by Gasteiger charge is 2.21. The molecule has 3 rings (SSSR count). The molecule has 1 aromatic heterocycles. The van der Waals surface area contributed by atoms with Crippen LogP contribution in [0.1, 0.15) is 45.1 Å². The van der Waals surface area contributed by atoms with Gasteiger partial charge in [0.25, 0.3) is 0 Å². The largest absolute Gasteiger partial charge is 0.383 e. The molecule has 0 aliphatic carbocycles. The molecule has 0 spiro atoms. The Kier molecular flexibility index (Phi) is 7.36. The van der Waals surface area contributed by atoms with Gasteiger partial charge >= 0.3 is 0 Å². The molecular weight excluding hydrogens is 372 g/mol. The third-order valence-corrected chi connectivity index (χ3v) is 5.54. The van der Waals surface area contributed by atoms with Gasteiger partial charge in [-0.25, -0.2) is 0 Å². The summed E-state index contributed by atoms with van der Waals surface area (Å²) in [5.41, 5.74) is 6.25. The van der Waals surface area contributed by atoms with Crippen LogP contribution in [0, 0.1) is 13.8 Å². The van der Waals surface area contributed by atoms with Crippen molar-refractivity contribution in [2.75, 3.05) is 32.2 Å². The number of benzene rings is 2. The summed E-state index contributed by atoms with van der Waals surface area (Å²) in [6.45, 7) is 5.53. The van der Waals surface area contributed by atoms with Gasteiger partial charge in [0.1, 0.15) is 0 Å². The number of aromatic nitrogens is 1. The summed E-state index contributed by atoms with van der Waals surface area (Å²) in [6, 6.07) is 20.5. The number of carbonyl (C=O) groups is 1. The van der Waals surface area contributed by atoms with Crippen LogP contribution >= 0.6 is 0 Å². The lowest BCUT2D eigenvalue weighted by Gasteiger charge is -2.22. The molecule has 0 saturated heterocycles. The van der Waals surface area contributed by atoms with E-state index in [1.165, 1.54) is 11.1 Å². The Morgan fingerprint density at radius 1 is 1.07 bits per heavy atom. The minimum atomic E-state index is 0.00510. The molecule has 0 N–H and O–H groups in total. The number of methoxy groups -OCH3 is 1. The zero-order valence-corrected chi connectivity index (χ0v) is 18.3. The lowest BCUT2D eigenvalue weighted by Crippen LogP contribution is -2.22. The number of pyridine rings is 1. The van der Waals surface area contributed by atoms with Crippen LogP contribution in [-0.2, 0) is 4.74 Å². The van der Waals surface area contributed by atoms with E-state index in [0.717, 1.165) is 29.1 Å². The van der Waals surface area contributed by atoms with E-state index in [4.69, 9.17) is 4.74 Å². The number of ketones is 1. The summed E-state index contributed by atoms with van der Waals surface area (Å²) in [7, 11) is 3.77. The maximum absolute atomic E-state index is 13.1. The van der Waals surface area contributed by atoms with Gasteiger partial charge in [-0.15, -0.1) is 0 Å². The van der Waals surface area contributed by atoms with E-state index < -0.39 is 0 Å². The number of carbonyl (C=O) groups excluding carboxylic acids is 1. The number of Topliss-reactive ketones (excluding diaryl/α,β-unsaturated/α-hetero) is 1. The SMILES string of the molecule is COCCN(C)c1ccc([C@@H](CC(=O)c2ccnc(C)c2)c2ccccc2C)cc1. The topological polar surface area (TPSA) is 42.4 Å². The van der Waals surface area contributed by atoms with Crippen LogP contribution in [0.3, 0.4) is 0 Å². The third-order valence-electron chi connectivity index (χ3n) is 5.54. The van der Waals surface area contributed by atoms with E-state index in [1.54, 1.807) is 19.4 Å². The summed E-state index contributed by atoms with van der Waals surface area (Å²) in [6.07, 6.45) is 2.13. The number of hydrogen-bond acceptors (Lipinski definition) is 4. The van der Waals surface area contributed by atoms with Gasteiger partial charge in [0.2, 0.25) is 0 Å². The zero-order valence-electron chi connectivity index (χ0n) is 18.3. The van der Waals surface area contributed by atoms with Gasteiger partial charge in [-0.05, 0) is 54.8 Å². The summed E-state index contributed by atoms with van der Waals surface area (Å²) < 4.78 is 5.18. The van der Waals surface area contributed by atoms with E-state index in [-0.39, 0.29) is 11.7 Å². The Labute approximate surface area is 179 Å². The number of hydrogen-bond donors (Lipinski definition) is 0. The number of nitrogens with zero attached hydrogens (tertiary/aromatic N) is 2. The lowest BCUT2D eigenvalue weighted by molar-refractivity contribution is 0.0977. The van der Waals surface area contributed by atoms with Crippen LogP contribution in [0.2, 0.25) is 0 Å². The Morgan fingerprint density at radius 3 is 2.47 bits per heavy atom. The Bertz CT molecular complexity index is 982. The molecule has 2 aromatic carbocycles. The first-order valence-electron chi connectivity index (χ1n) is 10.3. The molecule has 1 heterocycles. The van der Waals surface area contributed by atoms with Gasteiger partial charge in [-0.2, -0.15) is 0 Å². The Balaban J connectivity index is 1.90. The van der Waals surface area contributed by atoms with Crippen molar-refractivity contribution in [1.29, 1.82) is 0 Å². The highest BCUT2D eigenvalue weighted by molar-refractivity contribution is 5.96. The summed E-state index contributed by atoms with van der Waals surface area (Å²) >= 11 is 0. The second-order valence-corrected chi connectivity index (χ2v) is 7.73. The summed E-state index contributed by atoms with van der Waals surface area (Å²) in [5.74, 6) is 0.139. The van der Waals surface area contributed by atoms with E-state index in [0.29, 0.717) is 13.0 Å². The van der Waals surface area contributed by atoms with Crippen molar-refractivity contribution >= 4 is 11.5 Å². The van der Waals surface area contributed by atoms with Gasteiger partial charge in [0.15, 0.2) is 5.78 Å². The fourth-order valence-corrected chi connectivity index (χ4v) is 3.73. The molecule has 4 nitrogen and oxygen atoms in total. The zero-order chi connectivity index (χ0) is 21.5. The minimum Gasteiger partial charge on any atom is -0.383 e. The maximum Gasteiger partial charge on any atom is 0.163 e. The van der Waals surface area contributed by atoms with Gasteiger partial charge in [-0.1, -0.05) is 36.4 Å². The number of ether oxygens (including phenoxy) is 1. The van der Waals surface area contributed by atoms with Crippen molar-refractivity contribution in [1.82, 2.24) is 4.98 Å². The van der Waals surface area contributed by atoms with E-state index in [9.17, 15) is 4.79 Å². The predicted molar refractivity (Wildman–Crippen MR) is 123 cm³/mol. The minimum absolute atomic E-state index is 0.00510. The average molecular weight is 403 g/mol. The van der Waals surface area contributed by atoms with Crippen molar-refractivity contribution < 1.29 is 9.53 Å². The average Bonchev–Trinajstić information content (AvgIpc) is 2.76. The fraction of sp³-hybridized carbons (Fsp3) is 0.308. The molecule has 156 valence electrons. The Hall–Kier alpha value is -2.98. The maximum atomic E-state index is 13.1.